The average Bonchev–Trinajstić information content (AvgIpc) is 2.56. The number of nitrogens with one attached hydrogen (secondary N) is 1. The summed E-state index contributed by atoms with van der Waals surface area (Å²) in [5, 5.41) is 2.05. The molecule has 0 bridgehead atoms. The van der Waals surface area contributed by atoms with Crippen molar-refractivity contribution in [3.63, 3.8) is 0 Å². The van der Waals surface area contributed by atoms with Gasteiger partial charge in [-0.1, -0.05) is 37.3 Å². The molecule has 0 radical (unpaired) electrons. The molecule has 0 spiro atoms. The SMILES string of the molecule is CCCN1NC=C(N)c2cccc(-c3cccc(S(C)(=O)=O)c3)c21. The summed E-state index contributed by atoms with van der Waals surface area (Å²) < 4.78 is 23.7. The first-order valence-electron chi connectivity index (χ1n) is 7.85. The number of hydrogen-bond acceptors (Lipinski definition) is 5. The molecule has 0 aromatic heterocycles. The van der Waals surface area contributed by atoms with Crippen LogP contribution in [0.3, 0.4) is 0 Å². The highest BCUT2D eigenvalue weighted by Gasteiger charge is 2.21. The van der Waals surface area contributed by atoms with Crippen molar-refractivity contribution in [3.05, 3.63) is 54.2 Å². The highest BCUT2D eigenvalue weighted by atomic mass is 32.2. The van der Waals surface area contributed by atoms with Crippen molar-refractivity contribution in [2.45, 2.75) is 18.2 Å². The number of hydrogen-bond donors (Lipinski definition) is 2. The molecule has 0 amide bonds. The monoisotopic (exact) mass is 343 g/mol. The van der Waals surface area contributed by atoms with Gasteiger partial charge in [0.25, 0.3) is 0 Å². The second-order valence-corrected chi connectivity index (χ2v) is 7.90. The van der Waals surface area contributed by atoms with Gasteiger partial charge in [-0.2, -0.15) is 0 Å². The third-order valence-corrected chi connectivity index (χ3v) is 5.12. The van der Waals surface area contributed by atoms with Gasteiger partial charge in [0.05, 0.1) is 16.3 Å². The van der Waals surface area contributed by atoms with Crippen LogP contribution in [0, 0.1) is 0 Å². The van der Waals surface area contributed by atoms with Gasteiger partial charge in [0.15, 0.2) is 9.84 Å². The van der Waals surface area contributed by atoms with Gasteiger partial charge in [0.1, 0.15) is 0 Å². The highest BCUT2D eigenvalue weighted by molar-refractivity contribution is 7.90. The van der Waals surface area contributed by atoms with E-state index in [4.69, 9.17) is 5.73 Å². The van der Waals surface area contributed by atoms with Crippen molar-refractivity contribution in [2.75, 3.05) is 17.8 Å². The summed E-state index contributed by atoms with van der Waals surface area (Å²) in [5.74, 6) is 0. The van der Waals surface area contributed by atoms with Gasteiger partial charge in [-0.15, -0.1) is 0 Å². The molecular formula is C18H21N3O2S. The summed E-state index contributed by atoms with van der Waals surface area (Å²) in [5.41, 5.74) is 13.7. The average molecular weight is 343 g/mol. The van der Waals surface area contributed by atoms with Gasteiger partial charge >= 0.3 is 0 Å². The molecule has 2 aromatic carbocycles. The number of nitrogens with two attached hydrogens (primary N) is 1. The lowest BCUT2D eigenvalue weighted by Gasteiger charge is -2.32. The molecule has 2 aromatic rings. The molecule has 0 aliphatic carbocycles. The number of benzene rings is 2. The van der Waals surface area contributed by atoms with E-state index in [1.54, 1.807) is 24.4 Å². The van der Waals surface area contributed by atoms with Crippen molar-refractivity contribution >= 4 is 21.2 Å². The van der Waals surface area contributed by atoms with Gasteiger partial charge in [0.2, 0.25) is 0 Å². The summed E-state index contributed by atoms with van der Waals surface area (Å²) in [6.45, 7) is 2.93. The zero-order valence-electron chi connectivity index (χ0n) is 13.8. The van der Waals surface area contributed by atoms with E-state index in [0.717, 1.165) is 35.3 Å². The fourth-order valence-electron chi connectivity index (χ4n) is 2.88. The van der Waals surface area contributed by atoms with Gasteiger partial charge in [-0.05, 0) is 24.1 Å². The molecule has 0 saturated heterocycles. The zero-order valence-corrected chi connectivity index (χ0v) is 14.6. The van der Waals surface area contributed by atoms with Gasteiger partial charge < -0.3 is 11.2 Å². The lowest BCUT2D eigenvalue weighted by molar-refractivity contribution is 0.602. The first-order chi connectivity index (χ1) is 11.4. The zero-order chi connectivity index (χ0) is 17.3. The van der Waals surface area contributed by atoms with E-state index in [2.05, 4.69) is 12.3 Å². The minimum absolute atomic E-state index is 0.312. The smallest absolute Gasteiger partial charge is 0.175 e. The van der Waals surface area contributed by atoms with Crippen LogP contribution in [0.1, 0.15) is 18.9 Å². The van der Waals surface area contributed by atoms with E-state index < -0.39 is 9.84 Å². The van der Waals surface area contributed by atoms with E-state index in [1.807, 2.05) is 29.3 Å². The lowest BCUT2D eigenvalue weighted by atomic mass is 9.97. The van der Waals surface area contributed by atoms with Crippen LogP contribution >= 0.6 is 0 Å². The Balaban J connectivity index is 2.20. The van der Waals surface area contributed by atoms with Crippen molar-refractivity contribution in [1.29, 1.82) is 0 Å². The van der Waals surface area contributed by atoms with Gasteiger partial charge in [-0.25, -0.2) is 8.42 Å². The molecule has 126 valence electrons. The van der Waals surface area contributed by atoms with E-state index in [9.17, 15) is 8.42 Å². The van der Waals surface area contributed by atoms with E-state index >= 15 is 0 Å². The van der Waals surface area contributed by atoms with Crippen molar-refractivity contribution in [3.8, 4) is 11.1 Å². The first kappa shape index (κ1) is 16.4. The normalized spacial score (nSPS) is 13.9. The maximum atomic E-state index is 11.9. The molecule has 1 heterocycles. The Morgan fingerprint density at radius 2 is 1.83 bits per heavy atom. The molecule has 3 rings (SSSR count). The molecule has 0 saturated carbocycles. The minimum Gasteiger partial charge on any atom is -0.397 e. The van der Waals surface area contributed by atoms with Crippen LogP contribution < -0.4 is 16.2 Å². The van der Waals surface area contributed by atoms with E-state index in [1.165, 1.54) is 6.26 Å². The molecule has 0 unspecified atom stereocenters. The number of para-hydroxylation sites is 1. The fraction of sp³-hybridized carbons (Fsp3) is 0.222. The van der Waals surface area contributed by atoms with Crippen LogP contribution in [0.4, 0.5) is 5.69 Å². The van der Waals surface area contributed by atoms with Crippen LogP contribution in [0.25, 0.3) is 16.8 Å². The Morgan fingerprint density at radius 3 is 2.54 bits per heavy atom. The third kappa shape index (κ3) is 2.97. The molecule has 0 fully saturated rings. The largest absolute Gasteiger partial charge is 0.397 e. The predicted octanol–water partition coefficient (Wildman–Crippen LogP) is 2.75. The van der Waals surface area contributed by atoms with Crippen molar-refractivity contribution in [1.82, 2.24) is 5.43 Å². The Kier molecular flexibility index (Phi) is 4.24. The number of hydrazine groups is 1. The first-order valence-corrected chi connectivity index (χ1v) is 9.74. The summed E-state index contributed by atoms with van der Waals surface area (Å²) in [7, 11) is -3.25. The summed E-state index contributed by atoms with van der Waals surface area (Å²) in [6, 6.07) is 12.9. The highest BCUT2D eigenvalue weighted by Crippen LogP contribution is 2.38. The number of anilines is 1. The molecule has 6 heteroatoms. The quantitative estimate of drug-likeness (QED) is 0.893. The van der Waals surface area contributed by atoms with Crippen LogP contribution in [0.15, 0.2) is 53.6 Å². The molecule has 1 aliphatic heterocycles. The van der Waals surface area contributed by atoms with E-state index in [0.29, 0.717) is 10.6 Å². The summed E-state index contributed by atoms with van der Waals surface area (Å²) >= 11 is 0. The second-order valence-electron chi connectivity index (χ2n) is 5.88. The summed E-state index contributed by atoms with van der Waals surface area (Å²) in [4.78, 5) is 0.312. The maximum absolute atomic E-state index is 11.9. The standard InChI is InChI=1S/C18H21N3O2S/c1-3-10-21-18-15(8-5-9-16(18)17(19)12-20-21)13-6-4-7-14(11-13)24(2,22)23/h4-9,11-12,20H,3,10,19H2,1-2H3. The molecule has 1 aliphatic rings. The molecule has 5 nitrogen and oxygen atoms in total. The van der Waals surface area contributed by atoms with Crippen LogP contribution in [-0.4, -0.2) is 21.2 Å². The van der Waals surface area contributed by atoms with Crippen LogP contribution in [-0.2, 0) is 9.84 Å². The third-order valence-electron chi connectivity index (χ3n) is 4.01. The van der Waals surface area contributed by atoms with Crippen molar-refractivity contribution < 1.29 is 8.42 Å². The Labute approximate surface area is 142 Å². The number of rotatable bonds is 4. The topological polar surface area (TPSA) is 75.4 Å². The van der Waals surface area contributed by atoms with Crippen molar-refractivity contribution in [2.24, 2.45) is 5.73 Å². The molecular weight excluding hydrogens is 322 g/mol. The Morgan fingerprint density at radius 1 is 1.12 bits per heavy atom. The molecule has 24 heavy (non-hydrogen) atoms. The Bertz CT molecular complexity index is 904. The number of fused-ring (bicyclic) bond motifs is 1. The number of nitrogens with zero attached hydrogens (tertiary/aromatic N) is 1. The minimum atomic E-state index is -3.25. The second kappa shape index (κ2) is 6.20. The lowest BCUT2D eigenvalue weighted by Crippen LogP contribution is -2.39. The van der Waals surface area contributed by atoms with Crippen LogP contribution in [0.2, 0.25) is 0 Å². The Hall–Kier alpha value is -2.47. The molecule has 3 N–H and O–H groups in total. The van der Waals surface area contributed by atoms with Gasteiger partial charge in [0, 0.05) is 30.1 Å². The summed E-state index contributed by atoms with van der Waals surface area (Å²) in [6.07, 6.45) is 3.98. The van der Waals surface area contributed by atoms with Crippen LogP contribution in [0.5, 0.6) is 0 Å². The molecule has 0 atom stereocenters. The van der Waals surface area contributed by atoms with Gasteiger partial charge in [-0.3, -0.25) is 5.01 Å². The predicted molar refractivity (Wildman–Crippen MR) is 97.9 cm³/mol. The van der Waals surface area contributed by atoms with E-state index in [-0.39, 0.29) is 0 Å². The number of sulfone groups is 1. The fourth-order valence-corrected chi connectivity index (χ4v) is 3.55. The maximum Gasteiger partial charge on any atom is 0.175 e.